The zero-order valence-electron chi connectivity index (χ0n) is 16.9. The van der Waals surface area contributed by atoms with Crippen LogP contribution in [0.25, 0.3) is 32.7 Å². The molecule has 0 aliphatic heterocycles. The standard InChI is InChI=1S/C29H17F3/c30-29(31,32)22-12-8-9-20(19-22)17-18-25-23-13-4-6-15-26(23)28(21-10-2-1-3-11-21)27-16-7-5-14-24(25)27/h1-16,19H. The molecule has 0 N–H and O–H groups in total. The van der Waals surface area contributed by atoms with Gasteiger partial charge >= 0.3 is 6.18 Å². The predicted molar refractivity (Wildman–Crippen MR) is 124 cm³/mol. The molecule has 154 valence electrons. The molecule has 0 aliphatic rings. The van der Waals surface area contributed by atoms with E-state index in [4.69, 9.17) is 0 Å². The molecule has 0 bridgehead atoms. The molecule has 0 aromatic heterocycles. The van der Waals surface area contributed by atoms with Crippen molar-refractivity contribution in [1.29, 1.82) is 0 Å². The summed E-state index contributed by atoms with van der Waals surface area (Å²) in [5.74, 6) is 6.15. The van der Waals surface area contributed by atoms with E-state index >= 15 is 0 Å². The van der Waals surface area contributed by atoms with Crippen LogP contribution in [0.15, 0.2) is 103 Å². The van der Waals surface area contributed by atoms with E-state index in [1.807, 2.05) is 54.6 Å². The highest BCUT2D eigenvalue weighted by atomic mass is 19.4. The van der Waals surface area contributed by atoms with Gasteiger partial charge in [0, 0.05) is 11.1 Å². The van der Waals surface area contributed by atoms with Crippen molar-refractivity contribution in [3.8, 4) is 23.0 Å². The summed E-state index contributed by atoms with van der Waals surface area (Å²) in [7, 11) is 0. The summed E-state index contributed by atoms with van der Waals surface area (Å²) >= 11 is 0. The van der Waals surface area contributed by atoms with Crippen molar-refractivity contribution in [3.63, 3.8) is 0 Å². The summed E-state index contributed by atoms with van der Waals surface area (Å²) in [5.41, 5.74) is 2.69. The van der Waals surface area contributed by atoms with E-state index in [9.17, 15) is 13.2 Å². The number of rotatable bonds is 1. The summed E-state index contributed by atoms with van der Waals surface area (Å²) < 4.78 is 39.3. The van der Waals surface area contributed by atoms with Crippen LogP contribution in [-0.2, 0) is 6.18 Å². The lowest BCUT2D eigenvalue weighted by molar-refractivity contribution is -0.137. The van der Waals surface area contributed by atoms with Crippen molar-refractivity contribution in [2.75, 3.05) is 0 Å². The molecule has 32 heavy (non-hydrogen) atoms. The molecule has 0 saturated heterocycles. The Bertz CT molecular complexity index is 1440. The molecule has 5 aromatic carbocycles. The van der Waals surface area contributed by atoms with Gasteiger partial charge in [-0.1, -0.05) is 96.8 Å². The molecule has 0 saturated carbocycles. The minimum atomic E-state index is -4.39. The van der Waals surface area contributed by atoms with E-state index in [1.54, 1.807) is 6.07 Å². The van der Waals surface area contributed by atoms with Gasteiger partial charge in [0.2, 0.25) is 0 Å². The van der Waals surface area contributed by atoms with Gasteiger partial charge in [-0.3, -0.25) is 0 Å². The van der Waals surface area contributed by atoms with E-state index in [0.717, 1.165) is 50.4 Å². The topological polar surface area (TPSA) is 0 Å². The number of alkyl halides is 3. The molecule has 0 radical (unpaired) electrons. The molecule has 5 aromatic rings. The molecule has 0 amide bonds. The van der Waals surface area contributed by atoms with Crippen molar-refractivity contribution >= 4 is 21.5 Å². The summed E-state index contributed by atoms with van der Waals surface area (Å²) in [5, 5.41) is 4.07. The second kappa shape index (κ2) is 7.90. The lowest BCUT2D eigenvalue weighted by Gasteiger charge is -2.14. The molecular formula is C29H17F3. The van der Waals surface area contributed by atoms with Crippen LogP contribution >= 0.6 is 0 Å². The molecule has 3 heteroatoms. The number of halogens is 3. The van der Waals surface area contributed by atoms with Gasteiger partial charge in [-0.15, -0.1) is 0 Å². The van der Waals surface area contributed by atoms with Gasteiger partial charge in [0.05, 0.1) is 5.56 Å². The molecule has 0 unspecified atom stereocenters. The molecule has 0 atom stereocenters. The Balaban J connectivity index is 1.79. The third kappa shape index (κ3) is 3.61. The molecule has 0 aliphatic carbocycles. The minimum absolute atomic E-state index is 0.333. The quantitative estimate of drug-likeness (QED) is 0.189. The van der Waals surface area contributed by atoms with Crippen LogP contribution in [0.2, 0.25) is 0 Å². The fraction of sp³-hybridized carbons (Fsp3) is 0.0345. The van der Waals surface area contributed by atoms with Crippen LogP contribution < -0.4 is 0 Å². The molecular weight excluding hydrogens is 405 g/mol. The number of benzene rings is 5. The second-order valence-corrected chi connectivity index (χ2v) is 7.54. The maximum absolute atomic E-state index is 13.1. The highest BCUT2D eigenvalue weighted by Crippen LogP contribution is 2.39. The molecule has 5 rings (SSSR count). The van der Waals surface area contributed by atoms with Crippen molar-refractivity contribution < 1.29 is 13.2 Å². The minimum Gasteiger partial charge on any atom is -0.166 e. The van der Waals surface area contributed by atoms with E-state index in [0.29, 0.717) is 5.56 Å². The van der Waals surface area contributed by atoms with Crippen LogP contribution in [0.1, 0.15) is 16.7 Å². The first-order valence-corrected chi connectivity index (χ1v) is 10.2. The lowest BCUT2D eigenvalue weighted by atomic mass is 9.88. The largest absolute Gasteiger partial charge is 0.416 e. The van der Waals surface area contributed by atoms with Crippen molar-refractivity contribution in [2.24, 2.45) is 0 Å². The van der Waals surface area contributed by atoms with Gasteiger partial charge in [-0.2, -0.15) is 13.2 Å². The first kappa shape index (κ1) is 19.9. The summed E-state index contributed by atoms with van der Waals surface area (Å²) in [6, 6.07) is 31.4. The summed E-state index contributed by atoms with van der Waals surface area (Å²) in [6.45, 7) is 0. The third-order valence-corrected chi connectivity index (χ3v) is 5.52. The first-order chi connectivity index (χ1) is 15.5. The maximum atomic E-state index is 13.1. The van der Waals surface area contributed by atoms with Gasteiger partial charge in [0.1, 0.15) is 0 Å². The Morgan fingerprint density at radius 2 is 1.09 bits per heavy atom. The van der Waals surface area contributed by atoms with Crippen molar-refractivity contribution in [3.05, 3.63) is 120 Å². The Kier molecular flexibility index (Phi) is 4.92. The van der Waals surface area contributed by atoms with Gasteiger partial charge in [-0.25, -0.2) is 0 Å². The summed E-state index contributed by atoms with van der Waals surface area (Å²) in [4.78, 5) is 0. The monoisotopic (exact) mass is 422 g/mol. The van der Waals surface area contributed by atoms with Crippen LogP contribution in [0.3, 0.4) is 0 Å². The number of hydrogen-bond acceptors (Lipinski definition) is 0. The van der Waals surface area contributed by atoms with Gasteiger partial charge in [0.15, 0.2) is 0 Å². The SMILES string of the molecule is FC(F)(F)c1cccc(C#Cc2c3ccccc3c(-c3ccccc3)c3ccccc23)c1. The molecule has 0 spiro atoms. The van der Waals surface area contributed by atoms with Gasteiger partial charge in [-0.05, 0) is 50.9 Å². The molecule has 0 heterocycles. The number of hydrogen-bond donors (Lipinski definition) is 0. The fourth-order valence-electron chi connectivity index (χ4n) is 4.09. The molecule has 0 fully saturated rings. The normalized spacial score (nSPS) is 11.3. The third-order valence-electron chi connectivity index (χ3n) is 5.52. The van der Waals surface area contributed by atoms with E-state index in [-0.39, 0.29) is 0 Å². The fourth-order valence-corrected chi connectivity index (χ4v) is 4.09. The van der Waals surface area contributed by atoms with Gasteiger partial charge < -0.3 is 0 Å². The van der Waals surface area contributed by atoms with Crippen molar-refractivity contribution in [1.82, 2.24) is 0 Å². The van der Waals surface area contributed by atoms with Crippen molar-refractivity contribution in [2.45, 2.75) is 6.18 Å². The average Bonchev–Trinajstić information content (AvgIpc) is 2.82. The Morgan fingerprint density at radius 1 is 0.531 bits per heavy atom. The first-order valence-electron chi connectivity index (χ1n) is 10.2. The number of fused-ring (bicyclic) bond motifs is 2. The van der Waals surface area contributed by atoms with Crippen LogP contribution in [0.4, 0.5) is 13.2 Å². The second-order valence-electron chi connectivity index (χ2n) is 7.54. The smallest absolute Gasteiger partial charge is 0.166 e. The van der Waals surface area contributed by atoms with E-state index in [1.165, 1.54) is 6.07 Å². The Labute approximate surface area is 183 Å². The highest BCUT2D eigenvalue weighted by molar-refractivity contribution is 6.16. The van der Waals surface area contributed by atoms with E-state index in [2.05, 4.69) is 36.1 Å². The van der Waals surface area contributed by atoms with Crippen LogP contribution in [-0.4, -0.2) is 0 Å². The van der Waals surface area contributed by atoms with Gasteiger partial charge in [0.25, 0.3) is 0 Å². The highest BCUT2D eigenvalue weighted by Gasteiger charge is 2.30. The van der Waals surface area contributed by atoms with E-state index < -0.39 is 11.7 Å². The maximum Gasteiger partial charge on any atom is 0.416 e. The lowest BCUT2D eigenvalue weighted by Crippen LogP contribution is -2.04. The Morgan fingerprint density at radius 3 is 1.69 bits per heavy atom. The predicted octanol–water partition coefficient (Wildman–Crippen LogP) is 8.08. The average molecular weight is 422 g/mol. The van der Waals surface area contributed by atoms with Crippen LogP contribution in [0, 0.1) is 11.8 Å². The zero-order valence-corrected chi connectivity index (χ0v) is 16.9. The summed E-state index contributed by atoms with van der Waals surface area (Å²) in [6.07, 6.45) is -4.39. The van der Waals surface area contributed by atoms with Crippen LogP contribution in [0.5, 0.6) is 0 Å². The zero-order chi connectivity index (χ0) is 22.1. The molecule has 0 nitrogen and oxygen atoms in total. The Hall–Kier alpha value is -4.03.